The summed E-state index contributed by atoms with van der Waals surface area (Å²) in [6.07, 6.45) is 3.25. The number of aliphatic hydroxyl groups is 1. The van der Waals surface area contributed by atoms with Crippen LogP contribution >= 0.6 is 0 Å². The predicted octanol–water partition coefficient (Wildman–Crippen LogP) is 0.413. The Kier molecular flexibility index (Phi) is 2.18. The van der Waals surface area contributed by atoms with Gasteiger partial charge in [-0.2, -0.15) is 0 Å². The van der Waals surface area contributed by atoms with E-state index in [4.69, 9.17) is 5.73 Å². The van der Waals surface area contributed by atoms with Gasteiger partial charge < -0.3 is 10.8 Å². The summed E-state index contributed by atoms with van der Waals surface area (Å²) >= 11 is 0. The van der Waals surface area contributed by atoms with Crippen LogP contribution in [0.4, 0.5) is 0 Å². The summed E-state index contributed by atoms with van der Waals surface area (Å²) in [5.41, 5.74) is 3.83. The molecule has 1 rings (SSSR count). The van der Waals surface area contributed by atoms with Gasteiger partial charge in [-0.15, -0.1) is 0 Å². The van der Waals surface area contributed by atoms with Gasteiger partial charge in [-0.1, -0.05) is 19.8 Å². The molecule has 1 fully saturated rings. The summed E-state index contributed by atoms with van der Waals surface area (Å²) in [7, 11) is 0. The molecule has 11 heavy (non-hydrogen) atoms. The molecule has 0 aromatic rings. The molecule has 0 heterocycles. The van der Waals surface area contributed by atoms with E-state index >= 15 is 0 Å². The van der Waals surface area contributed by atoms with Crippen LogP contribution < -0.4 is 5.73 Å². The molecule has 0 aromatic carbocycles. The second-order valence-corrected chi connectivity index (χ2v) is 3.40. The van der Waals surface area contributed by atoms with Crippen LogP contribution in [0.15, 0.2) is 0 Å². The fourth-order valence-electron chi connectivity index (χ4n) is 1.22. The van der Waals surface area contributed by atoms with E-state index in [9.17, 15) is 9.90 Å². The fourth-order valence-corrected chi connectivity index (χ4v) is 1.22. The van der Waals surface area contributed by atoms with Crippen molar-refractivity contribution in [2.45, 2.75) is 38.2 Å². The number of nitrogens with two attached hydrogens (primary N) is 1. The number of carbonyl (C=O) groups is 1. The molecule has 0 bridgehead atoms. The van der Waals surface area contributed by atoms with Gasteiger partial charge in [-0.05, 0) is 18.8 Å². The first-order valence-corrected chi connectivity index (χ1v) is 4.11. The lowest BCUT2D eigenvalue weighted by molar-refractivity contribution is -0.137. The third-order valence-electron chi connectivity index (χ3n) is 2.37. The zero-order valence-electron chi connectivity index (χ0n) is 6.84. The summed E-state index contributed by atoms with van der Waals surface area (Å²) in [4.78, 5) is 10.8. The topological polar surface area (TPSA) is 63.3 Å². The predicted molar refractivity (Wildman–Crippen MR) is 41.8 cm³/mol. The second-order valence-electron chi connectivity index (χ2n) is 3.40. The molecule has 0 radical (unpaired) electrons. The van der Waals surface area contributed by atoms with Crippen molar-refractivity contribution >= 4 is 5.91 Å². The largest absolute Gasteiger partial charge is 0.380 e. The van der Waals surface area contributed by atoms with Crippen molar-refractivity contribution in [1.82, 2.24) is 0 Å². The lowest BCUT2D eigenvalue weighted by atomic mass is 9.93. The maximum absolute atomic E-state index is 10.8. The Labute approximate surface area is 66.6 Å². The van der Waals surface area contributed by atoms with Crippen molar-refractivity contribution in [2.75, 3.05) is 0 Å². The highest BCUT2D eigenvalue weighted by atomic mass is 16.3. The SMILES string of the molecule is CCC(O)(CC1CC1)C(N)=O. The first-order valence-electron chi connectivity index (χ1n) is 4.11. The Morgan fingerprint density at radius 1 is 1.73 bits per heavy atom. The first-order chi connectivity index (χ1) is 5.08. The zero-order valence-corrected chi connectivity index (χ0v) is 6.84. The van der Waals surface area contributed by atoms with Gasteiger partial charge >= 0.3 is 0 Å². The number of hydrogen-bond acceptors (Lipinski definition) is 2. The Bertz CT molecular complexity index is 165. The highest BCUT2D eigenvalue weighted by molar-refractivity contribution is 5.83. The molecule has 3 heteroatoms. The van der Waals surface area contributed by atoms with Gasteiger partial charge in [0, 0.05) is 0 Å². The van der Waals surface area contributed by atoms with Crippen molar-refractivity contribution in [3.8, 4) is 0 Å². The molecule has 0 spiro atoms. The number of hydrogen-bond donors (Lipinski definition) is 2. The summed E-state index contributed by atoms with van der Waals surface area (Å²) in [6.45, 7) is 1.78. The van der Waals surface area contributed by atoms with Crippen molar-refractivity contribution in [1.29, 1.82) is 0 Å². The van der Waals surface area contributed by atoms with E-state index in [0.29, 0.717) is 18.8 Å². The van der Waals surface area contributed by atoms with Crippen LogP contribution in [0, 0.1) is 5.92 Å². The van der Waals surface area contributed by atoms with Crippen molar-refractivity contribution in [3.63, 3.8) is 0 Å². The van der Waals surface area contributed by atoms with Gasteiger partial charge in [-0.3, -0.25) is 4.79 Å². The molecular formula is C8H15NO2. The van der Waals surface area contributed by atoms with Crippen molar-refractivity contribution in [3.05, 3.63) is 0 Å². The second kappa shape index (κ2) is 2.81. The Morgan fingerprint density at radius 2 is 2.27 bits per heavy atom. The summed E-state index contributed by atoms with van der Waals surface area (Å²) in [6, 6.07) is 0. The van der Waals surface area contributed by atoms with E-state index in [2.05, 4.69) is 0 Å². The number of primary amides is 1. The normalized spacial score (nSPS) is 22.7. The number of carbonyl (C=O) groups excluding carboxylic acids is 1. The maximum atomic E-state index is 10.8. The van der Waals surface area contributed by atoms with Gasteiger partial charge in [-0.25, -0.2) is 0 Å². The van der Waals surface area contributed by atoms with Crippen LogP contribution in [-0.2, 0) is 4.79 Å². The molecule has 0 saturated heterocycles. The minimum Gasteiger partial charge on any atom is -0.380 e. The number of amides is 1. The van der Waals surface area contributed by atoms with Gasteiger partial charge in [0.25, 0.3) is 0 Å². The Hall–Kier alpha value is -0.570. The van der Waals surface area contributed by atoms with Gasteiger partial charge in [0.15, 0.2) is 0 Å². The Balaban J connectivity index is 2.49. The average molecular weight is 157 g/mol. The summed E-state index contributed by atoms with van der Waals surface area (Å²) in [5, 5.41) is 9.63. The van der Waals surface area contributed by atoms with Crippen molar-refractivity contribution in [2.24, 2.45) is 11.7 Å². The van der Waals surface area contributed by atoms with Gasteiger partial charge in [0.1, 0.15) is 5.60 Å². The summed E-state index contributed by atoms with van der Waals surface area (Å²) < 4.78 is 0. The molecule has 3 N–H and O–H groups in total. The first kappa shape index (κ1) is 8.53. The molecule has 64 valence electrons. The smallest absolute Gasteiger partial charge is 0.249 e. The van der Waals surface area contributed by atoms with Crippen LogP contribution in [0.25, 0.3) is 0 Å². The van der Waals surface area contributed by atoms with E-state index < -0.39 is 11.5 Å². The van der Waals surface area contributed by atoms with Crippen LogP contribution in [0.1, 0.15) is 32.6 Å². The lowest BCUT2D eigenvalue weighted by Crippen LogP contribution is -2.43. The lowest BCUT2D eigenvalue weighted by Gasteiger charge is -2.22. The van der Waals surface area contributed by atoms with Crippen LogP contribution in [0.5, 0.6) is 0 Å². The standard InChI is InChI=1S/C8H15NO2/c1-2-8(11,7(9)10)5-6-3-4-6/h6,11H,2-5H2,1H3,(H2,9,10). The highest BCUT2D eigenvalue weighted by Crippen LogP contribution is 2.37. The zero-order chi connectivity index (χ0) is 8.48. The maximum Gasteiger partial charge on any atom is 0.249 e. The van der Waals surface area contributed by atoms with E-state index in [1.807, 2.05) is 0 Å². The van der Waals surface area contributed by atoms with Crippen LogP contribution in [-0.4, -0.2) is 16.6 Å². The van der Waals surface area contributed by atoms with E-state index in [0.717, 1.165) is 12.8 Å². The Morgan fingerprint density at radius 3 is 2.55 bits per heavy atom. The molecule has 3 nitrogen and oxygen atoms in total. The minimum absolute atomic E-state index is 0.429. The number of rotatable bonds is 4. The van der Waals surface area contributed by atoms with Gasteiger partial charge in [0.2, 0.25) is 5.91 Å². The third kappa shape index (κ3) is 1.93. The molecular weight excluding hydrogens is 142 g/mol. The molecule has 1 amide bonds. The van der Waals surface area contributed by atoms with E-state index in [-0.39, 0.29) is 0 Å². The molecule has 1 unspecified atom stereocenters. The van der Waals surface area contributed by atoms with E-state index in [1.165, 1.54) is 0 Å². The minimum atomic E-state index is -1.23. The monoisotopic (exact) mass is 157 g/mol. The van der Waals surface area contributed by atoms with Crippen LogP contribution in [0.3, 0.4) is 0 Å². The third-order valence-corrected chi connectivity index (χ3v) is 2.37. The van der Waals surface area contributed by atoms with Gasteiger partial charge in [0.05, 0.1) is 0 Å². The van der Waals surface area contributed by atoms with E-state index in [1.54, 1.807) is 6.92 Å². The van der Waals surface area contributed by atoms with Crippen LogP contribution in [0.2, 0.25) is 0 Å². The molecule has 1 aliphatic rings. The van der Waals surface area contributed by atoms with Crippen molar-refractivity contribution < 1.29 is 9.90 Å². The molecule has 1 atom stereocenters. The molecule has 1 aliphatic carbocycles. The molecule has 1 saturated carbocycles. The molecule has 0 aromatic heterocycles. The fraction of sp³-hybridized carbons (Fsp3) is 0.875. The quantitative estimate of drug-likeness (QED) is 0.621. The average Bonchev–Trinajstić information content (AvgIpc) is 2.71. The summed E-state index contributed by atoms with van der Waals surface area (Å²) in [5.74, 6) is -0.0423. The highest BCUT2D eigenvalue weighted by Gasteiger charge is 2.38. The molecule has 0 aliphatic heterocycles.